The van der Waals surface area contributed by atoms with E-state index in [-0.39, 0.29) is 18.6 Å². The zero-order valence-electron chi connectivity index (χ0n) is 12.0. The van der Waals surface area contributed by atoms with Gasteiger partial charge in [0.1, 0.15) is 5.75 Å². The van der Waals surface area contributed by atoms with Crippen molar-refractivity contribution < 1.29 is 28.0 Å². The second-order valence-corrected chi connectivity index (χ2v) is 5.41. The second kappa shape index (κ2) is 6.43. The Hall–Kier alpha value is -1.96. The number of halogens is 2. The number of hydrogen-bond donors (Lipinski definition) is 2. The highest BCUT2D eigenvalue weighted by Crippen LogP contribution is 2.29. The lowest BCUT2D eigenvalue weighted by atomic mass is 9.72. The number of carbonyl (C=O) groups excluding carboxylic acids is 2. The third kappa shape index (κ3) is 4.04. The molecule has 2 rings (SSSR count). The van der Waals surface area contributed by atoms with Crippen LogP contribution in [0.5, 0.6) is 5.75 Å². The minimum absolute atomic E-state index is 0.256. The van der Waals surface area contributed by atoms with E-state index in [0.29, 0.717) is 17.4 Å². The van der Waals surface area contributed by atoms with E-state index < -0.39 is 31.3 Å². The molecule has 1 aliphatic heterocycles. The highest BCUT2D eigenvalue weighted by atomic mass is 19.3. The van der Waals surface area contributed by atoms with Crippen LogP contribution in [0, 0.1) is 0 Å². The number of carbonyl (C=O) groups is 2. The largest absolute Gasteiger partial charge is 0.547 e. The summed E-state index contributed by atoms with van der Waals surface area (Å²) in [6, 6.07) is 4.94. The van der Waals surface area contributed by atoms with Gasteiger partial charge in [-0.05, 0) is 25.0 Å². The van der Waals surface area contributed by atoms with Crippen LogP contribution in [0.4, 0.5) is 8.78 Å². The van der Waals surface area contributed by atoms with E-state index in [9.17, 15) is 23.4 Å². The minimum Gasteiger partial charge on any atom is -0.534 e. The predicted octanol–water partition coefficient (Wildman–Crippen LogP) is 1.37. The highest BCUT2D eigenvalue weighted by Gasteiger charge is 2.37. The highest BCUT2D eigenvalue weighted by molar-refractivity contribution is 6.47. The zero-order chi connectivity index (χ0) is 16.3. The first kappa shape index (κ1) is 16.4. The van der Waals surface area contributed by atoms with Crippen LogP contribution in [-0.4, -0.2) is 36.2 Å². The Bertz CT molecular complexity index is 576. The van der Waals surface area contributed by atoms with Crippen molar-refractivity contribution in [3.8, 4) is 5.75 Å². The van der Waals surface area contributed by atoms with Crippen molar-refractivity contribution in [2.75, 3.05) is 0 Å². The van der Waals surface area contributed by atoms with Crippen molar-refractivity contribution in [2.24, 2.45) is 0 Å². The number of fused-ring (bicyclic) bond motifs is 1. The molecule has 1 aromatic carbocycles. The van der Waals surface area contributed by atoms with Crippen LogP contribution in [-0.2, 0) is 11.2 Å². The minimum atomic E-state index is -2.91. The fourth-order valence-corrected chi connectivity index (χ4v) is 2.28. The SMILES string of the molecule is CC(F)(F)CCC(=O)N[C@H]1Cc2cccc(C=O)c2OB1O. The molecule has 2 N–H and O–H groups in total. The Morgan fingerprint density at radius 1 is 1.59 bits per heavy atom. The van der Waals surface area contributed by atoms with Crippen molar-refractivity contribution >= 4 is 19.3 Å². The van der Waals surface area contributed by atoms with E-state index in [1.54, 1.807) is 18.2 Å². The summed E-state index contributed by atoms with van der Waals surface area (Å²) < 4.78 is 30.7. The molecule has 0 saturated carbocycles. The summed E-state index contributed by atoms with van der Waals surface area (Å²) in [5, 5.41) is 12.4. The molecule has 0 bridgehead atoms. The fourth-order valence-electron chi connectivity index (χ4n) is 2.28. The summed E-state index contributed by atoms with van der Waals surface area (Å²) in [5.74, 6) is -3.95. The van der Waals surface area contributed by atoms with E-state index in [0.717, 1.165) is 6.92 Å². The van der Waals surface area contributed by atoms with Crippen molar-refractivity contribution in [3.05, 3.63) is 29.3 Å². The van der Waals surface area contributed by atoms with Crippen molar-refractivity contribution in [3.63, 3.8) is 0 Å². The van der Waals surface area contributed by atoms with Gasteiger partial charge in [-0.1, -0.05) is 12.1 Å². The van der Waals surface area contributed by atoms with Gasteiger partial charge in [0, 0.05) is 12.8 Å². The Labute approximate surface area is 126 Å². The molecule has 0 spiro atoms. The van der Waals surface area contributed by atoms with Gasteiger partial charge in [0.2, 0.25) is 11.8 Å². The molecule has 1 amide bonds. The number of rotatable bonds is 5. The molecule has 0 unspecified atom stereocenters. The van der Waals surface area contributed by atoms with E-state index in [4.69, 9.17) is 4.65 Å². The quantitative estimate of drug-likeness (QED) is 0.636. The Morgan fingerprint density at radius 3 is 2.95 bits per heavy atom. The molecule has 5 nitrogen and oxygen atoms in total. The Kier molecular flexibility index (Phi) is 4.80. The third-order valence-electron chi connectivity index (χ3n) is 3.41. The average Bonchev–Trinajstić information content (AvgIpc) is 2.44. The van der Waals surface area contributed by atoms with Crippen LogP contribution in [0.2, 0.25) is 0 Å². The normalized spacial score (nSPS) is 17.5. The van der Waals surface area contributed by atoms with Gasteiger partial charge >= 0.3 is 7.12 Å². The topological polar surface area (TPSA) is 75.6 Å². The molecule has 0 radical (unpaired) electrons. The number of benzene rings is 1. The van der Waals surface area contributed by atoms with Gasteiger partial charge in [-0.15, -0.1) is 0 Å². The van der Waals surface area contributed by atoms with Gasteiger partial charge in [-0.3, -0.25) is 9.59 Å². The second-order valence-electron chi connectivity index (χ2n) is 5.41. The summed E-state index contributed by atoms with van der Waals surface area (Å²) in [6.07, 6.45) is -0.0252. The molecule has 1 atom stereocenters. The summed E-state index contributed by atoms with van der Waals surface area (Å²) in [5.41, 5.74) is 0.980. The number of para-hydroxylation sites is 1. The maximum Gasteiger partial charge on any atom is 0.547 e. The molecule has 0 fully saturated rings. The lowest BCUT2D eigenvalue weighted by Gasteiger charge is -2.28. The Balaban J connectivity index is 2.02. The molecule has 0 aliphatic carbocycles. The lowest BCUT2D eigenvalue weighted by molar-refractivity contribution is -0.123. The van der Waals surface area contributed by atoms with E-state index >= 15 is 0 Å². The summed E-state index contributed by atoms with van der Waals surface area (Å²) in [4.78, 5) is 22.6. The van der Waals surface area contributed by atoms with Gasteiger partial charge in [0.15, 0.2) is 6.29 Å². The molecule has 1 heterocycles. The van der Waals surface area contributed by atoms with Crippen molar-refractivity contribution in [2.45, 2.75) is 38.0 Å². The monoisotopic (exact) mass is 311 g/mol. The standard InChI is InChI=1S/C14H16BF2NO4/c1-14(16,17)6-5-12(20)18-11-7-9-3-2-4-10(8-19)13(9)22-15(11)21/h2-4,8,11,21H,5-7H2,1H3,(H,18,20)/t11-/m0/s1. The molecule has 1 aliphatic rings. The predicted molar refractivity (Wildman–Crippen MR) is 75.9 cm³/mol. The number of aldehydes is 1. The van der Waals surface area contributed by atoms with E-state index in [1.807, 2.05) is 0 Å². The molecule has 22 heavy (non-hydrogen) atoms. The van der Waals surface area contributed by atoms with Crippen LogP contribution in [0.3, 0.4) is 0 Å². The van der Waals surface area contributed by atoms with Crippen LogP contribution in [0.25, 0.3) is 0 Å². The first-order valence-corrected chi connectivity index (χ1v) is 6.89. The van der Waals surface area contributed by atoms with Gasteiger partial charge in [0.25, 0.3) is 0 Å². The van der Waals surface area contributed by atoms with Gasteiger partial charge in [0.05, 0.1) is 11.5 Å². The van der Waals surface area contributed by atoms with Gasteiger partial charge in [-0.25, -0.2) is 8.78 Å². The first-order valence-electron chi connectivity index (χ1n) is 6.89. The van der Waals surface area contributed by atoms with E-state index in [2.05, 4.69) is 5.32 Å². The maximum absolute atomic E-state index is 12.7. The molecular formula is C14H16BF2NO4. The number of alkyl halides is 2. The van der Waals surface area contributed by atoms with Gasteiger partial charge in [-0.2, -0.15) is 0 Å². The molecule has 8 heteroatoms. The Morgan fingerprint density at radius 2 is 2.32 bits per heavy atom. The van der Waals surface area contributed by atoms with Gasteiger partial charge < -0.3 is 15.0 Å². The zero-order valence-corrected chi connectivity index (χ0v) is 12.0. The van der Waals surface area contributed by atoms with Crippen molar-refractivity contribution in [1.29, 1.82) is 0 Å². The third-order valence-corrected chi connectivity index (χ3v) is 3.41. The fraction of sp³-hybridized carbons (Fsp3) is 0.429. The number of hydrogen-bond acceptors (Lipinski definition) is 4. The van der Waals surface area contributed by atoms with E-state index in [1.165, 1.54) is 0 Å². The van der Waals surface area contributed by atoms with Crippen LogP contribution in [0.1, 0.15) is 35.7 Å². The summed E-state index contributed by atoms with van der Waals surface area (Å²) in [7, 11) is -1.33. The molecule has 0 saturated heterocycles. The molecular weight excluding hydrogens is 295 g/mol. The summed E-state index contributed by atoms with van der Waals surface area (Å²) in [6.45, 7) is 0.746. The molecule has 118 valence electrons. The molecule has 0 aromatic heterocycles. The number of nitrogens with one attached hydrogen (secondary N) is 1. The first-order chi connectivity index (χ1) is 10.3. The summed E-state index contributed by atoms with van der Waals surface area (Å²) >= 11 is 0. The maximum atomic E-state index is 12.7. The van der Waals surface area contributed by atoms with Crippen LogP contribution < -0.4 is 9.97 Å². The average molecular weight is 311 g/mol. The lowest BCUT2D eigenvalue weighted by Crippen LogP contribution is -2.53. The van der Waals surface area contributed by atoms with Crippen molar-refractivity contribution in [1.82, 2.24) is 5.32 Å². The van der Waals surface area contributed by atoms with Crippen LogP contribution in [0.15, 0.2) is 18.2 Å². The molecule has 1 aromatic rings. The van der Waals surface area contributed by atoms with Crippen LogP contribution >= 0.6 is 0 Å². The number of amides is 1. The smallest absolute Gasteiger partial charge is 0.534 e.